The lowest BCUT2D eigenvalue weighted by atomic mass is 9.75. The first-order valence-corrected chi connectivity index (χ1v) is 12.6. The molecule has 0 radical (unpaired) electrons. The van der Waals surface area contributed by atoms with Crippen molar-refractivity contribution in [1.82, 2.24) is 0 Å². The van der Waals surface area contributed by atoms with Crippen molar-refractivity contribution in [1.29, 1.82) is 0 Å². The van der Waals surface area contributed by atoms with Crippen molar-refractivity contribution in [2.24, 2.45) is 11.8 Å². The van der Waals surface area contributed by atoms with Crippen LogP contribution < -0.4 is 0 Å². The average molecular weight is 487 g/mol. The van der Waals surface area contributed by atoms with Crippen molar-refractivity contribution in [2.45, 2.75) is 80.3 Å². The van der Waals surface area contributed by atoms with Crippen LogP contribution in [0.2, 0.25) is 0 Å². The van der Waals surface area contributed by atoms with Gasteiger partial charge in [-0.2, -0.15) is 0 Å². The summed E-state index contributed by atoms with van der Waals surface area (Å²) in [7, 11) is 3.37. The Labute approximate surface area is 212 Å². The zero-order valence-electron chi connectivity index (χ0n) is 23.3. The van der Waals surface area contributed by atoms with Crippen LogP contribution in [-0.2, 0) is 50.8 Å². The molecule has 0 aromatic heterocycles. The lowest BCUT2D eigenvalue weighted by molar-refractivity contribution is 0.0951. The maximum Gasteiger partial charge on any atom is 0.126 e. The van der Waals surface area contributed by atoms with E-state index >= 15 is 0 Å². The Morgan fingerprint density at radius 1 is 0.686 bits per heavy atom. The Balaban J connectivity index is 2.53. The Bertz CT molecular complexity index is 871. The van der Waals surface area contributed by atoms with Crippen molar-refractivity contribution in [2.75, 3.05) is 27.4 Å². The average Bonchev–Trinajstić information content (AvgIpc) is 2.78. The minimum Gasteiger partial charge on any atom is -0.507 e. The van der Waals surface area contributed by atoms with E-state index in [1.807, 2.05) is 0 Å². The van der Waals surface area contributed by atoms with E-state index in [0.29, 0.717) is 44.9 Å². The second-order valence-electron chi connectivity index (χ2n) is 10.9. The van der Waals surface area contributed by atoms with Gasteiger partial charge in [0.2, 0.25) is 0 Å². The van der Waals surface area contributed by atoms with Crippen molar-refractivity contribution in [3.8, 4) is 5.75 Å². The third-order valence-electron chi connectivity index (χ3n) is 6.35. The van der Waals surface area contributed by atoms with Gasteiger partial charge in [0.15, 0.2) is 0 Å². The Morgan fingerprint density at radius 3 is 1.51 bits per heavy atom. The van der Waals surface area contributed by atoms with Gasteiger partial charge in [-0.25, -0.2) is 0 Å². The van der Waals surface area contributed by atoms with E-state index in [9.17, 15) is 5.11 Å². The van der Waals surface area contributed by atoms with E-state index in [4.69, 9.17) is 18.9 Å². The normalized spacial score (nSPS) is 12.2. The number of aromatic hydroxyl groups is 1. The predicted molar refractivity (Wildman–Crippen MR) is 142 cm³/mol. The van der Waals surface area contributed by atoms with Gasteiger partial charge in [0, 0.05) is 44.0 Å². The van der Waals surface area contributed by atoms with Crippen LogP contribution in [0, 0.1) is 18.8 Å². The topological polar surface area (TPSA) is 57.2 Å². The van der Waals surface area contributed by atoms with Crippen LogP contribution in [0.4, 0.5) is 0 Å². The zero-order valence-corrected chi connectivity index (χ0v) is 23.3. The molecule has 0 saturated carbocycles. The van der Waals surface area contributed by atoms with Crippen molar-refractivity contribution in [3.63, 3.8) is 0 Å². The third kappa shape index (κ3) is 8.04. The molecule has 1 N–H and O–H groups in total. The lowest BCUT2D eigenvalue weighted by Crippen LogP contribution is -2.21. The lowest BCUT2D eigenvalue weighted by Gasteiger charge is -2.30. The van der Waals surface area contributed by atoms with Gasteiger partial charge >= 0.3 is 0 Å². The fourth-order valence-corrected chi connectivity index (χ4v) is 4.13. The van der Waals surface area contributed by atoms with E-state index in [1.165, 1.54) is 16.7 Å². The van der Waals surface area contributed by atoms with E-state index in [-0.39, 0.29) is 11.2 Å². The highest BCUT2D eigenvalue weighted by Crippen LogP contribution is 2.38. The minimum absolute atomic E-state index is 0.252. The Hall–Kier alpha value is -1.92. The molecule has 0 heterocycles. The van der Waals surface area contributed by atoms with Crippen LogP contribution in [0.1, 0.15) is 80.5 Å². The van der Waals surface area contributed by atoms with Crippen LogP contribution in [0.25, 0.3) is 0 Å². The molecule has 0 spiro atoms. The largest absolute Gasteiger partial charge is 0.507 e. The number of phenolic OH excluding ortho intramolecular Hbond substituents is 1. The molecular formula is C30H46O5. The van der Waals surface area contributed by atoms with Crippen LogP contribution in [0.3, 0.4) is 0 Å². The van der Waals surface area contributed by atoms with Gasteiger partial charge in [0.25, 0.3) is 0 Å². The number of rotatable bonds is 14. The molecule has 35 heavy (non-hydrogen) atoms. The van der Waals surface area contributed by atoms with E-state index in [0.717, 1.165) is 28.9 Å². The molecule has 0 saturated heterocycles. The molecule has 0 unspecified atom stereocenters. The summed E-state index contributed by atoms with van der Waals surface area (Å²) in [5.74, 6) is 1.17. The van der Waals surface area contributed by atoms with E-state index in [2.05, 4.69) is 72.7 Å². The standard InChI is InChI=1S/C30H46O5/c1-20(2)14-34-18-24-11-27(10-23(16-32-8)22(24)5)30(6,7)28-12-25(17-33-9)29(31)26(13-28)19-35-15-21(3)4/h10-13,20-21,31H,14-19H2,1-9H3. The molecule has 0 atom stereocenters. The Kier molecular flexibility index (Phi) is 11.2. The summed E-state index contributed by atoms with van der Waals surface area (Å²) in [6, 6.07) is 8.62. The summed E-state index contributed by atoms with van der Waals surface area (Å²) in [4.78, 5) is 0. The van der Waals surface area contributed by atoms with Gasteiger partial charge < -0.3 is 24.1 Å². The highest BCUT2D eigenvalue weighted by atomic mass is 16.5. The fraction of sp³-hybridized carbons (Fsp3) is 0.600. The maximum atomic E-state index is 10.9. The number of methoxy groups -OCH3 is 2. The molecule has 0 amide bonds. The van der Waals surface area contributed by atoms with Gasteiger partial charge in [-0.1, -0.05) is 53.7 Å². The molecule has 2 rings (SSSR count). The summed E-state index contributed by atoms with van der Waals surface area (Å²) in [6.45, 7) is 18.3. The third-order valence-corrected chi connectivity index (χ3v) is 6.35. The molecule has 0 fully saturated rings. The monoisotopic (exact) mass is 486 g/mol. The fourth-order valence-electron chi connectivity index (χ4n) is 4.13. The number of phenols is 1. The molecule has 196 valence electrons. The first-order valence-electron chi connectivity index (χ1n) is 12.6. The molecule has 0 aliphatic rings. The molecule has 0 aliphatic carbocycles. The smallest absolute Gasteiger partial charge is 0.126 e. The summed E-state index contributed by atoms with van der Waals surface area (Å²) >= 11 is 0. The predicted octanol–water partition coefficient (Wildman–Crippen LogP) is 6.66. The molecule has 0 aliphatic heterocycles. The number of hydrogen-bond acceptors (Lipinski definition) is 5. The molecule has 2 aromatic rings. The van der Waals surface area contributed by atoms with Crippen molar-refractivity contribution >= 4 is 0 Å². The highest BCUT2D eigenvalue weighted by Gasteiger charge is 2.27. The second kappa shape index (κ2) is 13.4. The first kappa shape index (κ1) is 29.3. The van der Waals surface area contributed by atoms with Gasteiger partial charge in [-0.05, 0) is 58.7 Å². The van der Waals surface area contributed by atoms with Crippen molar-refractivity contribution < 1.29 is 24.1 Å². The van der Waals surface area contributed by atoms with Gasteiger partial charge in [-0.3, -0.25) is 0 Å². The zero-order chi connectivity index (χ0) is 26.2. The van der Waals surface area contributed by atoms with Crippen molar-refractivity contribution in [3.05, 3.63) is 63.2 Å². The van der Waals surface area contributed by atoms with Crippen LogP contribution in [0.5, 0.6) is 5.75 Å². The second-order valence-corrected chi connectivity index (χ2v) is 10.9. The van der Waals surface area contributed by atoms with Gasteiger partial charge in [0.05, 0.1) is 26.4 Å². The summed E-state index contributed by atoms with van der Waals surface area (Å²) in [5.41, 5.74) is 7.07. The van der Waals surface area contributed by atoms with E-state index < -0.39 is 0 Å². The van der Waals surface area contributed by atoms with Crippen LogP contribution >= 0.6 is 0 Å². The minimum atomic E-state index is -0.327. The van der Waals surface area contributed by atoms with Gasteiger partial charge in [0.1, 0.15) is 5.75 Å². The molecule has 5 heteroatoms. The number of ether oxygens (including phenoxy) is 4. The van der Waals surface area contributed by atoms with Crippen LogP contribution in [0.15, 0.2) is 24.3 Å². The van der Waals surface area contributed by atoms with E-state index in [1.54, 1.807) is 14.2 Å². The molecule has 2 aromatic carbocycles. The maximum absolute atomic E-state index is 10.9. The molecular weight excluding hydrogens is 440 g/mol. The molecule has 5 nitrogen and oxygen atoms in total. The Morgan fingerprint density at radius 2 is 1.06 bits per heavy atom. The number of benzene rings is 2. The highest BCUT2D eigenvalue weighted by molar-refractivity contribution is 5.50. The van der Waals surface area contributed by atoms with Gasteiger partial charge in [-0.15, -0.1) is 0 Å². The first-order chi connectivity index (χ1) is 16.5. The number of hydrogen-bond donors (Lipinski definition) is 1. The summed E-state index contributed by atoms with van der Waals surface area (Å²) < 4.78 is 22.8. The molecule has 0 bridgehead atoms. The SMILES string of the molecule is COCc1cc(C(C)(C)c2cc(COC)c(O)c(COCC(C)C)c2)cc(COCC(C)C)c1C. The quantitative estimate of drug-likeness (QED) is 0.323. The van der Waals surface area contributed by atoms with Crippen LogP contribution in [-0.4, -0.2) is 32.5 Å². The summed E-state index contributed by atoms with van der Waals surface area (Å²) in [6.07, 6.45) is 0. The summed E-state index contributed by atoms with van der Waals surface area (Å²) in [5, 5.41) is 10.9.